The van der Waals surface area contributed by atoms with E-state index < -0.39 is 34.1 Å². The van der Waals surface area contributed by atoms with Crippen molar-refractivity contribution in [3.8, 4) is 0 Å². The van der Waals surface area contributed by atoms with E-state index in [-0.39, 0.29) is 23.0 Å². The van der Waals surface area contributed by atoms with Gasteiger partial charge in [-0.05, 0) is 43.5 Å². The topological polar surface area (TPSA) is 88.1 Å². The third kappa shape index (κ3) is 13.0. The van der Waals surface area contributed by atoms with E-state index in [1.165, 1.54) is 14.2 Å². The van der Waals surface area contributed by atoms with Gasteiger partial charge in [0, 0.05) is 32.7 Å². The molecular weight excluding hydrogens is 483 g/mol. The molecule has 0 N–H and O–H groups in total. The first kappa shape index (κ1) is 33.7. The summed E-state index contributed by atoms with van der Waals surface area (Å²) in [7, 11) is -2.97. The zero-order valence-electron chi connectivity index (χ0n) is 23.3. The Morgan fingerprint density at radius 3 is 2.06 bits per heavy atom. The minimum absolute atomic E-state index is 0.00251. The minimum Gasteiger partial charge on any atom is -0.457 e. The van der Waals surface area contributed by atoms with E-state index >= 15 is 0 Å². The van der Waals surface area contributed by atoms with E-state index in [2.05, 4.69) is 47.7 Å². The highest BCUT2D eigenvalue weighted by atomic mass is 31.2. The predicted molar refractivity (Wildman–Crippen MR) is 145 cm³/mol. The van der Waals surface area contributed by atoms with E-state index in [1.807, 2.05) is 43.4 Å². The normalized spacial score (nSPS) is 17.1. The predicted octanol–water partition coefficient (Wildman–Crippen LogP) is 6.71. The summed E-state index contributed by atoms with van der Waals surface area (Å²) in [4.78, 5) is 23.0. The van der Waals surface area contributed by atoms with Crippen LogP contribution < -0.4 is 0 Å². The summed E-state index contributed by atoms with van der Waals surface area (Å²) in [6.45, 7) is 17.2. The van der Waals surface area contributed by atoms with Gasteiger partial charge in [0.1, 0.15) is 18.6 Å². The molecule has 0 aromatic rings. The summed E-state index contributed by atoms with van der Waals surface area (Å²) < 4.78 is 34.3. The first-order valence-corrected chi connectivity index (χ1v) is 16.8. The van der Waals surface area contributed by atoms with Crippen molar-refractivity contribution >= 4 is 28.2 Å². The lowest BCUT2D eigenvalue weighted by atomic mass is 9.99. The number of unbranched alkanes of at least 4 members (excludes halogenated alkanes) is 1. The van der Waals surface area contributed by atoms with E-state index in [9.17, 15) is 14.2 Å². The number of hydrogen-bond donors (Lipinski definition) is 0. The van der Waals surface area contributed by atoms with Gasteiger partial charge in [-0.3, -0.25) is 9.36 Å². The van der Waals surface area contributed by atoms with E-state index in [0.717, 1.165) is 6.29 Å². The Hall–Kier alpha value is -1.31. The Morgan fingerprint density at radius 1 is 0.943 bits per heavy atom. The average Bonchev–Trinajstić information content (AvgIpc) is 2.77. The van der Waals surface area contributed by atoms with Crippen LogP contribution in [0.15, 0.2) is 36.5 Å². The molecule has 0 unspecified atom stereocenters. The van der Waals surface area contributed by atoms with E-state index in [0.29, 0.717) is 12.8 Å². The fourth-order valence-corrected chi connectivity index (χ4v) is 5.05. The van der Waals surface area contributed by atoms with Crippen LogP contribution in [0.5, 0.6) is 0 Å². The smallest absolute Gasteiger partial charge is 0.341 e. The summed E-state index contributed by atoms with van der Waals surface area (Å²) in [5.74, 6) is -0.723. The summed E-state index contributed by atoms with van der Waals surface area (Å²) in [6, 6.07) is 0. The molecule has 4 atom stereocenters. The Morgan fingerprint density at radius 2 is 1.54 bits per heavy atom. The van der Waals surface area contributed by atoms with Crippen LogP contribution in [0.4, 0.5) is 0 Å². The molecule has 7 nitrogen and oxygen atoms in total. The molecular formula is C26H47O7PSi. The summed E-state index contributed by atoms with van der Waals surface area (Å²) in [5, 5.41) is 0.109. The zero-order valence-corrected chi connectivity index (χ0v) is 25.2. The van der Waals surface area contributed by atoms with Crippen LogP contribution >= 0.6 is 7.60 Å². The van der Waals surface area contributed by atoms with Gasteiger partial charge in [-0.2, -0.15) is 0 Å². The second-order valence-electron chi connectivity index (χ2n) is 10.3. The SMILES string of the molecule is COP(=O)(CC(=O)O[C@@H](/C=C/[C@H](C)[C@@H](C)O[Si](C)(C)C(C)(C)C)[C@@H](C)/C=C\C=C\CCC=O)OC. The van der Waals surface area contributed by atoms with E-state index in [1.54, 1.807) is 0 Å². The van der Waals surface area contributed by atoms with Crippen LogP contribution in [0.25, 0.3) is 0 Å². The first-order chi connectivity index (χ1) is 16.1. The molecule has 0 spiro atoms. The molecule has 0 aromatic heterocycles. The van der Waals surface area contributed by atoms with Crippen molar-refractivity contribution in [2.75, 3.05) is 20.4 Å². The first-order valence-electron chi connectivity index (χ1n) is 12.2. The van der Waals surface area contributed by atoms with Gasteiger partial charge in [-0.25, -0.2) is 0 Å². The minimum atomic E-state index is -3.53. The lowest BCUT2D eigenvalue weighted by Crippen LogP contribution is -2.44. The number of carbonyl (C=O) groups excluding carboxylic acids is 2. The van der Waals surface area contributed by atoms with Gasteiger partial charge in [-0.1, -0.05) is 65.0 Å². The van der Waals surface area contributed by atoms with Gasteiger partial charge in [0.2, 0.25) is 0 Å². The lowest BCUT2D eigenvalue weighted by molar-refractivity contribution is -0.145. The Labute approximate surface area is 214 Å². The molecule has 9 heteroatoms. The molecule has 0 saturated carbocycles. The van der Waals surface area contributed by atoms with Gasteiger partial charge < -0.3 is 23.0 Å². The van der Waals surface area contributed by atoms with Crippen molar-refractivity contribution in [3.05, 3.63) is 36.5 Å². The van der Waals surface area contributed by atoms with Crippen molar-refractivity contribution < 1.29 is 32.4 Å². The summed E-state index contributed by atoms with van der Waals surface area (Å²) in [5.41, 5.74) is 0. The van der Waals surface area contributed by atoms with Gasteiger partial charge in [0.25, 0.3) is 0 Å². The second kappa shape index (κ2) is 15.7. The highest BCUT2D eigenvalue weighted by Crippen LogP contribution is 2.46. The largest absolute Gasteiger partial charge is 0.457 e. The van der Waals surface area contributed by atoms with Crippen molar-refractivity contribution in [1.29, 1.82) is 0 Å². The number of allylic oxidation sites excluding steroid dienone is 3. The number of aldehydes is 1. The van der Waals surface area contributed by atoms with Crippen molar-refractivity contribution in [1.82, 2.24) is 0 Å². The van der Waals surface area contributed by atoms with E-state index in [4.69, 9.17) is 18.2 Å². The number of hydrogen-bond acceptors (Lipinski definition) is 7. The Balaban J connectivity index is 5.54. The Kier molecular flexibility index (Phi) is 15.1. The lowest BCUT2D eigenvalue weighted by Gasteiger charge is -2.39. The molecule has 35 heavy (non-hydrogen) atoms. The molecule has 0 saturated heterocycles. The van der Waals surface area contributed by atoms with Crippen molar-refractivity contribution in [2.45, 2.75) is 84.7 Å². The highest BCUT2D eigenvalue weighted by molar-refractivity contribution is 7.54. The Bertz CT molecular complexity index is 775. The molecule has 0 bridgehead atoms. The maximum Gasteiger partial charge on any atom is 0.341 e. The molecule has 0 rings (SSSR count). The standard InChI is InChI=1S/C26H47O7PSi/c1-21(23(3)33-35(9,10)26(4,5)6)17-18-24(22(2)16-14-12-11-13-15-19-27)32-25(28)20-34(29,30-7)31-8/h11-12,14,16-19,21-24H,13,15,20H2,1-10H3/b12-11+,16-14-,18-17+/t21-,22-,23+,24-/m0/s1. The van der Waals surface area contributed by atoms with Crippen molar-refractivity contribution in [2.24, 2.45) is 11.8 Å². The highest BCUT2D eigenvalue weighted by Gasteiger charge is 2.39. The molecule has 0 amide bonds. The van der Waals surface area contributed by atoms with Gasteiger partial charge in [0.15, 0.2) is 8.32 Å². The number of carbonyl (C=O) groups is 2. The van der Waals surface area contributed by atoms with Crippen LogP contribution in [-0.2, 0) is 32.4 Å². The number of rotatable bonds is 16. The van der Waals surface area contributed by atoms with Crippen LogP contribution in [0.1, 0.15) is 54.4 Å². The number of esters is 1. The van der Waals surface area contributed by atoms with Gasteiger partial charge in [0.05, 0.1) is 0 Å². The summed E-state index contributed by atoms with van der Waals surface area (Å²) in [6.07, 6.45) is 12.4. The maximum absolute atomic E-state index is 12.5. The fourth-order valence-electron chi connectivity index (χ4n) is 2.75. The third-order valence-corrected chi connectivity index (χ3v) is 12.7. The zero-order chi connectivity index (χ0) is 27.3. The molecule has 0 fully saturated rings. The van der Waals surface area contributed by atoms with Crippen LogP contribution in [0.3, 0.4) is 0 Å². The fraction of sp³-hybridized carbons (Fsp3) is 0.692. The second-order valence-corrected chi connectivity index (χ2v) is 17.4. The summed E-state index contributed by atoms with van der Waals surface area (Å²) >= 11 is 0. The third-order valence-electron chi connectivity index (χ3n) is 6.41. The molecule has 0 aliphatic rings. The monoisotopic (exact) mass is 530 g/mol. The average molecular weight is 531 g/mol. The quantitative estimate of drug-likeness (QED) is 0.0416. The van der Waals surface area contributed by atoms with Crippen LogP contribution in [0.2, 0.25) is 18.1 Å². The molecule has 0 heterocycles. The molecule has 0 aliphatic carbocycles. The van der Waals surface area contributed by atoms with Crippen LogP contribution in [-0.4, -0.2) is 53.2 Å². The molecule has 0 aliphatic heterocycles. The van der Waals surface area contributed by atoms with Crippen molar-refractivity contribution in [3.63, 3.8) is 0 Å². The molecule has 0 radical (unpaired) electrons. The van der Waals surface area contributed by atoms with Crippen LogP contribution in [0, 0.1) is 11.8 Å². The van der Waals surface area contributed by atoms with Gasteiger partial charge in [-0.15, -0.1) is 0 Å². The van der Waals surface area contributed by atoms with Gasteiger partial charge >= 0.3 is 13.6 Å². The maximum atomic E-state index is 12.5. The molecule has 202 valence electrons. The molecule has 0 aromatic carbocycles. The number of ether oxygens (including phenoxy) is 1.